The van der Waals surface area contributed by atoms with Crippen LogP contribution in [0.3, 0.4) is 0 Å². The van der Waals surface area contributed by atoms with E-state index in [9.17, 15) is 0 Å². The zero-order valence-electron chi connectivity index (χ0n) is 9.71. The molecule has 2 radical (unpaired) electrons. The molecule has 0 atom stereocenters. The first-order chi connectivity index (χ1) is 7.11. The van der Waals surface area contributed by atoms with Crippen LogP contribution in [-0.4, -0.2) is 65.8 Å². The summed E-state index contributed by atoms with van der Waals surface area (Å²) in [6.07, 6.45) is 0. The second-order valence-corrected chi connectivity index (χ2v) is 1.92. The van der Waals surface area contributed by atoms with Crippen molar-refractivity contribution in [2.75, 3.05) is 13.2 Å². The van der Waals surface area contributed by atoms with Crippen LogP contribution in [0.2, 0.25) is 0 Å². The third-order valence-corrected chi connectivity index (χ3v) is 0.1000. The molecule has 100 valence electrons. The van der Waals surface area contributed by atoms with Gasteiger partial charge < -0.3 is 39.9 Å². The third kappa shape index (κ3) is 119000. The molecule has 0 aliphatic carbocycles. The van der Waals surface area contributed by atoms with Crippen molar-refractivity contribution in [2.24, 2.45) is 0 Å². The Balaban J connectivity index is -0.0000000369. The van der Waals surface area contributed by atoms with Crippen LogP contribution in [0.5, 0.6) is 0 Å². The summed E-state index contributed by atoms with van der Waals surface area (Å²) < 4.78 is 0. The molecule has 0 bridgehead atoms. The van der Waals surface area contributed by atoms with E-state index in [1.165, 1.54) is 0 Å². The number of aliphatic carboxylic acids is 3. The zero-order chi connectivity index (χ0) is 14.1. The van der Waals surface area contributed by atoms with Crippen molar-refractivity contribution in [1.82, 2.24) is 0 Å². The number of hydrogen-bond donors (Lipinski definition) is 2. The average molecular weight is 361 g/mol. The maximum absolute atomic E-state index is 8.89. The Labute approximate surface area is 116 Å². The van der Waals surface area contributed by atoms with Gasteiger partial charge >= 0.3 is 24.4 Å². The van der Waals surface area contributed by atoms with Gasteiger partial charge in [0.15, 0.2) is 0 Å². The van der Waals surface area contributed by atoms with E-state index >= 15 is 0 Å². The molecule has 0 fully saturated rings. The third-order valence-electron chi connectivity index (χ3n) is 0.1000. The van der Waals surface area contributed by atoms with E-state index in [1.807, 2.05) is 0 Å². The summed E-state index contributed by atoms with van der Waals surface area (Å²) in [5.74, 6) is -3.25. The number of carboxylic acids is 3. The van der Waals surface area contributed by atoms with Crippen molar-refractivity contribution < 1.29 is 39.9 Å². The SMILES string of the molecule is CC(=O)[O-].CC(=O)[O-].CC(=O)[O-].OCCO.[Sb+3]. The number of aliphatic hydroxyl groups excluding tert-OH is 2. The van der Waals surface area contributed by atoms with Crippen molar-refractivity contribution >= 4 is 42.3 Å². The molecule has 17 heavy (non-hydrogen) atoms. The summed E-state index contributed by atoms with van der Waals surface area (Å²) in [6, 6.07) is 0. The fourth-order valence-electron chi connectivity index (χ4n) is 0. The van der Waals surface area contributed by atoms with Gasteiger partial charge in [0.05, 0.1) is 13.2 Å². The minimum absolute atomic E-state index is 0. The molecule has 0 unspecified atom stereocenters. The molecular formula is C8H15O8Sb. The molecule has 0 spiro atoms. The van der Waals surface area contributed by atoms with Gasteiger partial charge in [-0.15, -0.1) is 0 Å². The van der Waals surface area contributed by atoms with Gasteiger partial charge in [0, 0.05) is 17.9 Å². The van der Waals surface area contributed by atoms with Crippen LogP contribution in [0.1, 0.15) is 20.8 Å². The predicted molar refractivity (Wildman–Crippen MR) is 52.0 cm³/mol. The van der Waals surface area contributed by atoms with Crippen molar-refractivity contribution in [1.29, 1.82) is 0 Å². The second kappa shape index (κ2) is 29.4. The average Bonchev–Trinajstić information content (AvgIpc) is 2.00. The van der Waals surface area contributed by atoms with Gasteiger partial charge in [-0.2, -0.15) is 0 Å². The van der Waals surface area contributed by atoms with Crippen LogP contribution in [0, 0.1) is 0 Å². The summed E-state index contributed by atoms with van der Waals surface area (Å²) in [5, 5.41) is 41.9. The molecular weight excluding hydrogens is 346 g/mol. The molecule has 9 heteroatoms. The van der Waals surface area contributed by atoms with Crippen molar-refractivity contribution in [3.8, 4) is 0 Å². The molecule has 2 N–H and O–H groups in total. The van der Waals surface area contributed by atoms with Gasteiger partial charge in [-0.1, -0.05) is 0 Å². The normalized spacial score (nSPS) is 6.18. The van der Waals surface area contributed by atoms with E-state index in [0.29, 0.717) is 0 Å². The summed E-state index contributed by atoms with van der Waals surface area (Å²) in [4.78, 5) is 26.7. The van der Waals surface area contributed by atoms with Gasteiger partial charge in [-0.3, -0.25) is 0 Å². The van der Waals surface area contributed by atoms with Crippen LogP contribution in [0.25, 0.3) is 0 Å². The number of hydrogen-bond acceptors (Lipinski definition) is 8. The molecule has 0 aromatic heterocycles. The van der Waals surface area contributed by atoms with Crippen LogP contribution in [0.15, 0.2) is 0 Å². The van der Waals surface area contributed by atoms with E-state index in [4.69, 9.17) is 39.9 Å². The Bertz CT molecular complexity index is 140. The Morgan fingerprint density at radius 3 is 0.824 bits per heavy atom. The molecule has 8 nitrogen and oxygen atoms in total. The van der Waals surface area contributed by atoms with E-state index in [0.717, 1.165) is 20.8 Å². The van der Waals surface area contributed by atoms with E-state index in [1.54, 1.807) is 0 Å². The molecule has 0 aliphatic rings. The molecule has 0 aromatic rings. The first kappa shape index (κ1) is 29.8. The molecule has 0 heterocycles. The molecule has 0 aliphatic heterocycles. The number of carboxylic acid groups (broad SMARTS) is 3. The molecule has 0 saturated carbocycles. The maximum atomic E-state index is 8.89. The van der Waals surface area contributed by atoms with Gasteiger partial charge in [-0.25, -0.2) is 0 Å². The number of aliphatic hydroxyl groups is 2. The number of carbonyl (C=O) groups is 3. The summed E-state index contributed by atoms with van der Waals surface area (Å²) in [5.41, 5.74) is 0. The smallest absolute Gasteiger partial charge is 0.550 e. The zero-order valence-corrected chi connectivity index (χ0v) is 12.3. The van der Waals surface area contributed by atoms with Crippen LogP contribution >= 0.6 is 0 Å². The first-order valence-electron chi connectivity index (χ1n) is 3.86. The van der Waals surface area contributed by atoms with Crippen LogP contribution < -0.4 is 15.3 Å². The minimum Gasteiger partial charge on any atom is -0.550 e. The molecule has 0 saturated heterocycles. The number of carbonyl (C=O) groups excluding carboxylic acids is 3. The van der Waals surface area contributed by atoms with Crippen molar-refractivity contribution in [2.45, 2.75) is 20.8 Å². The minimum atomic E-state index is -1.08. The van der Waals surface area contributed by atoms with Gasteiger partial charge in [-0.05, 0) is 20.8 Å². The monoisotopic (exact) mass is 360 g/mol. The Morgan fingerprint density at radius 2 is 0.824 bits per heavy atom. The van der Waals surface area contributed by atoms with E-state index in [-0.39, 0.29) is 37.6 Å². The van der Waals surface area contributed by atoms with Crippen LogP contribution in [0.4, 0.5) is 0 Å². The quantitative estimate of drug-likeness (QED) is 0.439. The molecule has 0 amide bonds. The fraction of sp³-hybridized carbons (Fsp3) is 0.625. The molecule has 0 aromatic carbocycles. The second-order valence-electron chi connectivity index (χ2n) is 1.92. The van der Waals surface area contributed by atoms with Crippen LogP contribution in [-0.2, 0) is 14.4 Å². The summed E-state index contributed by atoms with van der Waals surface area (Å²) in [7, 11) is 0. The Kier molecular flexibility index (Phi) is 51.6. The Hall–Kier alpha value is -0.852. The topological polar surface area (TPSA) is 161 Å². The van der Waals surface area contributed by atoms with E-state index in [2.05, 4.69) is 0 Å². The van der Waals surface area contributed by atoms with Gasteiger partial charge in [0.25, 0.3) is 0 Å². The summed E-state index contributed by atoms with van der Waals surface area (Å²) in [6.45, 7) is 2.67. The fourth-order valence-corrected chi connectivity index (χ4v) is 0. The maximum Gasteiger partial charge on any atom is 3.00 e. The summed E-state index contributed by atoms with van der Waals surface area (Å²) >= 11 is 0. The van der Waals surface area contributed by atoms with E-state index < -0.39 is 17.9 Å². The van der Waals surface area contributed by atoms with Crippen molar-refractivity contribution in [3.63, 3.8) is 0 Å². The number of rotatable bonds is 1. The van der Waals surface area contributed by atoms with Gasteiger partial charge in [0.2, 0.25) is 0 Å². The molecule has 0 rings (SSSR count). The first-order valence-corrected chi connectivity index (χ1v) is 3.86. The van der Waals surface area contributed by atoms with Gasteiger partial charge in [0.1, 0.15) is 0 Å². The van der Waals surface area contributed by atoms with Crippen molar-refractivity contribution in [3.05, 3.63) is 0 Å². The predicted octanol–water partition coefficient (Wildman–Crippen LogP) is -5.14. The Morgan fingerprint density at radius 1 is 0.765 bits per heavy atom. The standard InChI is InChI=1S/3C2H4O2.C2H6O2.Sb/c3*1-2(3)4;3-1-2-4;/h3*1H3,(H,3,4);3-4H,1-2H2;/q;;;;+3/p-3. The largest absolute Gasteiger partial charge is 3.00 e.